The highest BCUT2D eigenvalue weighted by molar-refractivity contribution is 6.02. The molecule has 3 rings (SSSR count). The van der Waals surface area contributed by atoms with Crippen LogP contribution in [0.4, 0.5) is 8.78 Å². The molecular formula is C15H10F2O. The van der Waals surface area contributed by atoms with E-state index in [-0.39, 0.29) is 17.3 Å². The predicted octanol–water partition coefficient (Wildman–Crippen LogP) is 3.49. The van der Waals surface area contributed by atoms with Gasteiger partial charge in [-0.3, -0.25) is 4.79 Å². The molecule has 18 heavy (non-hydrogen) atoms. The van der Waals surface area contributed by atoms with Gasteiger partial charge in [-0.15, -0.1) is 0 Å². The first-order valence-corrected chi connectivity index (χ1v) is 5.74. The lowest BCUT2D eigenvalue weighted by atomic mass is 9.74. The molecular weight excluding hydrogens is 234 g/mol. The zero-order valence-corrected chi connectivity index (χ0v) is 9.49. The lowest BCUT2D eigenvalue weighted by Crippen LogP contribution is -2.25. The number of rotatable bonds is 2. The molecule has 0 aromatic heterocycles. The first kappa shape index (κ1) is 11.1. The van der Waals surface area contributed by atoms with Crippen molar-refractivity contribution in [1.29, 1.82) is 0 Å². The third kappa shape index (κ3) is 1.63. The van der Waals surface area contributed by atoms with Crippen LogP contribution in [0.5, 0.6) is 0 Å². The molecule has 0 N–H and O–H groups in total. The summed E-state index contributed by atoms with van der Waals surface area (Å²) in [5.41, 5.74) is 2.37. The quantitative estimate of drug-likeness (QED) is 0.739. The number of halogens is 2. The minimum atomic E-state index is -0.978. The highest BCUT2D eigenvalue weighted by Gasteiger charge is 2.32. The molecule has 1 unspecified atom stereocenters. The van der Waals surface area contributed by atoms with E-state index >= 15 is 0 Å². The second-order valence-electron chi connectivity index (χ2n) is 4.45. The SMILES string of the molecule is O=C(c1ccc(F)c(F)c1)C1Cc2ccccc21. The highest BCUT2D eigenvalue weighted by Crippen LogP contribution is 2.37. The second-order valence-corrected chi connectivity index (χ2v) is 4.45. The van der Waals surface area contributed by atoms with Gasteiger partial charge in [-0.1, -0.05) is 24.3 Å². The van der Waals surface area contributed by atoms with Crippen molar-refractivity contribution in [2.45, 2.75) is 12.3 Å². The molecule has 0 bridgehead atoms. The van der Waals surface area contributed by atoms with Crippen molar-refractivity contribution in [2.75, 3.05) is 0 Å². The summed E-state index contributed by atoms with van der Waals surface area (Å²) in [6.07, 6.45) is 0.675. The molecule has 1 aliphatic carbocycles. The third-order valence-corrected chi connectivity index (χ3v) is 3.38. The van der Waals surface area contributed by atoms with Gasteiger partial charge < -0.3 is 0 Å². The van der Waals surface area contributed by atoms with Gasteiger partial charge in [0.15, 0.2) is 17.4 Å². The minimum Gasteiger partial charge on any atom is -0.293 e. The standard InChI is InChI=1S/C15H10F2O/c16-13-6-5-10(8-14(13)17)15(18)12-7-9-3-1-2-4-11(9)12/h1-6,8,12H,7H2. The van der Waals surface area contributed by atoms with E-state index in [0.717, 1.165) is 23.3 Å². The van der Waals surface area contributed by atoms with Gasteiger partial charge in [-0.2, -0.15) is 0 Å². The summed E-state index contributed by atoms with van der Waals surface area (Å²) in [6, 6.07) is 11.0. The number of carbonyl (C=O) groups is 1. The Morgan fingerprint density at radius 1 is 1.06 bits per heavy atom. The van der Waals surface area contributed by atoms with Gasteiger partial charge in [-0.05, 0) is 35.7 Å². The molecule has 2 aromatic carbocycles. The third-order valence-electron chi connectivity index (χ3n) is 3.38. The van der Waals surface area contributed by atoms with Crippen molar-refractivity contribution in [3.63, 3.8) is 0 Å². The van der Waals surface area contributed by atoms with Crippen LogP contribution in [0.15, 0.2) is 42.5 Å². The number of benzene rings is 2. The number of ketones is 1. The maximum absolute atomic E-state index is 13.1. The zero-order valence-electron chi connectivity index (χ0n) is 9.49. The first-order valence-electron chi connectivity index (χ1n) is 5.74. The maximum atomic E-state index is 13.1. The summed E-state index contributed by atoms with van der Waals surface area (Å²) in [5, 5.41) is 0. The lowest BCUT2D eigenvalue weighted by molar-refractivity contribution is 0.0948. The fourth-order valence-electron chi connectivity index (χ4n) is 2.34. The Bertz CT molecular complexity index is 634. The molecule has 0 spiro atoms. The van der Waals surface area contributed by atoms with E-state index in [2.05, 4.69) is 0 Å². The Morgan fingerprint density at radius 3 is 2.56 bits per heavy atom. The molecule has 0 radical (unpaired) electrons. The first-order chi connectivity index (χ1) is 8.66. The van der Waals surface area contributed by atoms with Crippen LogP contribution in [-0.4, -0.2) is 5.78 Å². The van der Waals surface area contributed by atoms with Crippen molar-refractivity contribution in [1.82, 2.24) is 0 Å². The van der Waals surface area contributed by atoms with Gasteiger partial charge in [0.1, 0.15) is 0 Å². The smallest absolute Gasteiger partial charge is 0.170 e. The zero-order chi connectivity index (χ0) is 12.7. The molecule has 90 valence electrons. The lowest BCUT2D eigenvalue weighted by Gasteiger charge is -2.28. The molecule has 1 aliphatic rings. The van der Waals surface area contributed by atoms with Crippen molar-refractivity contribution < 1.29 is 13.6 Å². The summed E-state index contributed by atoms with van der Waals surface area (Å²) >= 11 is 0. The molecule has 2 aromatic rings. The molecule has 0 amide bonds. The summed E-state index contributed by atoms with van der Waals surface area (Å²) < 4.78 is 25.9. The topological polar surface area (TPSA) is 17.1 Å². The Kier molecular flexibility index (Phi) is 2.47. The number of Topliss-reactive ketones (excluding diaryl/α,β-unsaturated/α-hetero) is 1. The van der Waals surface area contributed by atoms with Crippen LogP contribution < -0.4 is 0 Å². The largest absolute Gasteiger partial charge is 0.293 e. The fourth-order valence-corrected chi connectivity index (χ4v) is 2.34. The number of hydrogen-bond acceptors (Lipinski definition) is 1. The molecule has 1 atom stereocenters. The van der Waals surface area contributed by atoms with Crippen molar-refractivity contribution in [3.05, 3.63) is 70.8 Å². The fraction of sp³-hybridized carbons (Fsp3) is 0.133. The summed E-state index contributed by atoms with van der Waals surface area (Å²) in [5.74, 6) is -2.27. The maximum Gasteiger partial charge on any atom is 0.170 e. The van der Waals surface area contributed by atoms with E-state index in [1.165, 1.54) is 6.07 Å². The summed E-state index contributed by atoms with van der Waals surface area (Å²) in [6.45, 7) is 0. The Balaban J connectivity index is 1.91. The molecule has 3 heteroatoms. The molecule has 0 saturated heterocycles. The second kappa shape index (κ2) is 4.02. The monoisotopic (exact) mass is 244 g/mol. The molecule has 0 fully saturated rings. The average molecular weight is 244 g/mol. The highest BCUT2D eigenvalue weighted by atomic mass is 19.2. The summed E-state index contributed by atoms with van der Waals surface area (Å²) in [4.78, 5) is 12.2. The van der Waals surface area contributed by atoms with Gasteiger partial charge in [0.2, 0.25) is 0 Å². The van der Waals surface area contributed by atoms with E-state index in [1.54, 1.807) is 0 Å². The normalized spacial score (nSPS) is 16.9. The predicted molar refractivity (Wildman–Crippen MR) is 63.6 cm³/mol. The van der Waals surface area contributed by atoms with E-state index in [4.69, 9.17) is 0 Å². The molecule has 0 heterocycles. The Hall–Kier alpha value is -2.03. The molecule has 0 saturated carbocycles. The van der Waals surface area contributed by atoms with Crippen LogP contribution in [0, 0.1) is 11.6 Å². The van der Waals surface area contributed by atoms with Gasteiger partial charge >= 0.3 is 0 Å². The van der Waals surface area contributed by atoms with Gasteiger partial charge in [0.05, 0.1) is 5.92 Å². The minimum absolute atomic E-state index is 0.146. The molecule has 0 aliphatic heterocycles. The van der Waals surface area contributed by atoms with E-state index in [0.29, 0.717) is 6.42 Å². The van der Waals surface area contributed by atoms with Gasteiger partial charge in [0, 0.05) is 5.56 Å². The number of hydrogen-bond donors (Lipinski definition) is 0. The van der Waals surface area contributed by atoms with Crippen LogP contribution >= 0.6 is 0 Å². The number of fused-ring (bicyclic) bond motifs is 1. The van der Waals surface area contributed by atoms with Crippen molar-refractivity contribution in [2.24, 2.45) is 0 Å². The molecule has 1 nitrogen and oxygen atoms in total. The van der Waals surface area contributed by atoms with Gasteiger partial charge in [0.25, 0.3) is 0 Å². The van der Waals surface area contributed by atoms with Crippen molar-refractivity contribution in [3.8, 4) is 0 Å². The average Bonchev–Trinajstić information content (AvgIpc) is 2.34. The van der Waals surface area contributed by atoms with E-state index < -0.39 is 11.6 Å². The van der Waals surface area contributed by atoms with Gasteiger partial charge in [-0.25, -0.2) is 8.78 Å². The van der Waals surface area contributed by atoms with E-state index in [9.17, 15) is 13.6 Å². The van der Waals surface area contributed by atoms with Crippen LogP contribution in [0.1, 0.15) is 27.4 Å². The number of carbonyl (C=O) groups excluding carboxylic acids is 1. The Morgan fingerprint density at radius 2 is 1.83 bits per heavy atom. The Labute approximate surface area is 103 Å². The van der Waals surface area contributed by atoms with Crippen LogP contribution in [0.25, 0.3) is 0 Å². The van der Waals surface area contributed by atoms with Crippen LogP contribution in [0.3, 0.4) is 0 Å². The summed E-state index contributed by atoms with van der Waals surface area (Å²) in [7, 11) is 0. The van der Waals surface area contributed by atoms with Crippen LogP contribution in [-0.2, 0) is 6.42 Å². The van der Waals surface area contributed by atoms with E-state index in [1.807, 2.05) is 24.3 Å². The van der Waals surface area contributed by atoms with Crippen molar-refractivity contribution >= 4 is 5.78 Å². The van der Waals surface area contributed by atoms with Crippen LogP contribution in [0.2, 0.25) is 0 Å².